The Morgan fingerprint density at radius 3 is 2.71 bits per heavy atom. The number of rotatable bonds is 8. The molecule has 0 unspecified atom stereocenters. The maximum atomic E-state index is 12.3. The monoisotopic (exact) mass is 465 g/mol. The second kappa shape index (κ2) is 11.1. The van der Waals surface area contributed by atoms with Crippen LogP contribution in [0.5, 0.6) is 0 Å². The fraction of sp³-hybridized carbons (Fsp3) is 0.615. The molecule has 0 saturated carbocycles. The van der Waals surface area contributed by atoms with E-state index in [1.165, 1.54) is 18.2 Å². The third-order valence-corrected chi connectivity index (χ3v) is 7.01. The number of aromatic nitrogens is 2. The lowest BCUT2D eigenvalue weighted by molar-refractivity contribution is 0.0948. The van der Waals surface area contributed by atoms with Gasteiger partial charge in [-0.25, -0.2) is 4.98 Å². The number of nitrogens with zero attached hydrogens (tertiary/aromatic N) is 5. The Labute approximate surface area is 203 Å². The van der Waals surface area contributed by atoms with Gasteiger partial charge in [0.05, 0.1) is 24.0 Å². The third kappa shape index (κ3) is 6.87. The van der Waals surface area contributed by atoms with Crippen LogP contribution in [0.25, 0.3) is 0 Å². The summed E-state index contributed by atoms with van der Waals surface area (Å²) in [5.74, 6) is -0.193. The predicted octanol–water partition coefficient (Wildman–Crippen LogP) is 3.17. The molecule has 1 aromatic rings. The molecular formula is C26H39N7O. The molecular weight excluding hydrogens is 426 g/mol. The van der Waals surface area contributed by atoms with Crippen molar-refractivity contribution in [2.24, 2.45) is 10.4 Å². The van der Waals surface area contributed by atoms with Crippen molar-refractivity contribution in [1.82, 2.24) is 25.1 Å². The van der Waals surface area contributed by atoms with Gasteiger partial charge < -0.3 is 15.2 Å². The van der Waals surface area contributed by atoms with Crippen molar-refractivity contribution in [2.45, 2.75) is 52.5 Å². The summed E-state index contributed by atoms with van der Waals surface area (Å²) >= 11 is 0. The van der Waals surface area contributed by atoms with Crippen LogP contribution in [0.2, 0.25) is 0 Å². The number of imidazole rings is 1. The van der Waals surface area contributed by atoms with Gasteiger partial charge in [-0.3, -0.25) is 14.7 Å². The summed E-state index contributed by atoms with van der Waals surface area (Å²) in [6, 6.07) is 1.94. The van der Waals surface area contributed by atoms with Crippen molar-refractivity contribution >= 4 is 11.6 Å². The van der Waals surface area contributed by atoms with E-state index in [1.54, 1.807) is 0 Å². The van der Waals surface area contributed by atoms with Gasteiger partial charge in [-0.1, -0.05) is 31.6 Å². The molecule has 2 aliphatic rings. The summed E-state index contributed by atoms with van der Waals surface area (Å²) in [5, 5.41) is 11.7. The number of allylic oxidation sites excluding steroid dienone is 1. The van der Waals surface area contributed by atoms with Crippen LogP contribution in [-0.4, -0.2) is 83.2 Å². The molecule has 1 aliphatic heterocycles. The van der Waals surface area contributed by atoms with Crippen LogP contribution in [0.15, 0.2) is 35.0 Å². The molecule has 2 N–H and O–H groups in total. The van der Waals surface area contributed by atoms with E-state index in [1.807, 2.05) is 12.1 Å². The molecule has 1 aromatic heterocycles. The van der Waals surface area contributed by atoms with Crippen LogP contribution in [-0.2, 0) is 0 Å². The van der Waals surface area contributed by atoms with Crippen LogP contribution >= 0.6 is 0 Å². The topological polar surface area (TPSA) is 100 Å². The average molecular weight is 466 g/mol. The molecule has 0 spiro atoms. The number of piperazine rings is 1. The fourth-order valence-corrected chi connectivity index (χ4v) is 4.33. The number of H-pyrrole nitrogens is 1. The Bertz CT molecular complexity index is 985. The zero-order valence-corrected chi connectivity index (χ0v) is 21.3. The van der Waals surface area contributed by atoms with Gasteiger partial charge in [0.2, 0.25) is 0 Å². The normalized spacial score (nSPS) is 20.2. The van der Waals surface area contributed by atoms with E-state index in [0.29, 0.717) is 12.0 Å². The van der Waals surface area contributed by atoms with Gasteiger partial charge >= 0.3 is 0 Å². The Morgan fingerprint density at radius 1 is 1.35 bits per heavy atom. The second-order valence-corrected chi connectivity index (χ2v) is 10.7. The third-order valence-electron chi connectivity index (χ3n) is 7.01. The molecule has 8 heteroatoms. The molecule has 8 nitrogen and oxygen atoms in total. The summed E-state index contributed by atoms with van der Waals surface area (Å²) in [6.07, 6.45) is 11.1. The number of likely N-dealkylation sites (N-methyl/N-ethyl adjacent to an activating group) is 1. The van der Waals surface area contributed by atoms with E-state index in [2.05, 4.69) is 72.0 Å². The van der Waals surface area contributed by atoms with Crippen LogP contribution in [0.4, 0.5) is 0 Å². The van der Waals surface area contributed by atoms with E-state index >= 15 is 0 Å². The van der Waals surface area contributed by atoms with Gasteiger partial charge in [0.25, 0.3) is 5.91 Å². The zero-order valence-electron chi connectivity index (χ0n) is 21.3. The number of aliphatic imine (C=N–C) groups is 1. The number of carbonyl (C=O) groups is 1. The van der Waals surface area contributed by atoms with Crippen molar-refractivity contribution in [3.63, 3.8) is 0 Å². The van der Waals surface area contributed by atoms with E-state index in [0.717, 1.165) is 51.3 Å². The SMILES string of the molecule is CN1CCN(C(C)(C)C(/C=C\CNC(=O)c2ncc(C#N)[nH]2)=NCC2=CCC(C)(C)CC2)CC1. The lowest BCUT2D eigenvalue weighted by atomic mass is 9.78. The Hall–Kier alpha value is -2.76. The minimum absolute atomic E-state index is 0.142. The molecule has 0 atom stereocenters. The predicted molar refractivity (Wildman–Crippen MR) is 136 cm³/mol. The van der Waals surface area contributed by atoms with Crippen molar-refractivity contribution in [2.75, 3.05) is 46.3 Å². The minimum atomic E-state index is -0.335. The number of amides is 1. The number of hydrogen-bond donors (Lipinski definition) is 2. The Kier molecular flexibility index (Phi) is 8.45. The van der Waals surface area contributed by atoms with Crippen molar-refractivity contribution in [3.8, 4) is 6.07 Å². The number of hydrogen-bond acceptors (Lipinski definition) is 6. The fourth-order valence-electron chi connectivity index (χ4n) is 4.33. The molecule has 2 heterocycles. The maximum Gasteiger partial charge on any atom is 0.287 e. The van der Waals surface area contributed by atoms with Crippen LogP contribution in [0.1, 0.15) is 63.3 Å². The first-order valence-corrected chi connectivity index (χ1v) is 12.2. The molecule has 1 saturated heterocycles. The van der Waals surface area contributed by atoms with Gasteiger partial charge in [0.1, 0.15) is 11.8 Å². The highest BCUT2D eigenvalue weighted by Gasteiger charge is 2.33. The van der Waals surface area contributed by atoms with Crippen molar-refractivity contribution in [3.05, 3.63) is 41.5 Å². The maximum absolute atomic E-state index is 12.3. The van der Waals surface area contributed by atoms with Crippen molar-refractivity contribution in [1.29, 1.82) is 5.26 Å². The summed E-state index contributed by atoms with van der Waals surface area (Å²) in [5.41, 5.74) is 2.89. The van der Waals surface area contributed by atoms with Gasteiger partial charge in [-0.15, -0.1) is 0 Å². The number of nitriles is 1. The lowest BCUT2D eigenvalue weighted by Crippen LogP contribution is -2.57. The first-order chi connectivity index (χ1) is 16.1. The van der Waals surface area contributed by atoms with Gasteiger partial charge in [0.15, 0.2) is 5.82 Å². The largest absolute Gasteiger partial charge is 0.346 e. The first-order valence-electron chi connectivity index (χ1n) is 12.2. The van der Waals surface area contributed by atoms with E-state index in [9.17, 15) is 4.79 Å². The molecule has 1 fully saturated rings. The smallest absolute Gasteiger partial charge is 0.287 e. The van der Waals surface area contributed by atoms with Crippen molar-refractivity contribution < 1.29 is 4.79 Å². The molecule has 0 radical (unpaired) electrons. The van der Waals surface area contributed by atoms with Gasteiger partial charge in [-0.2, -0.15) is 5.26 Å². The molecule has 1 amide bonds. The molecule has 3 rings (SSSR count). The molecule has 1 aliphatic carbocycles. The standard InChI is InChI=1S/C26H39N7O/c1-25(2)10-8-20(9-11-25)18-29-22(26(3,4)33-15-13-32(5)14-16-33)7-6-12-28-24(34)23-30-19-21(17-27)31-23/h6-8,19H,9-16,18H2,1-5H3,(H,28,34)(H,30,31)/b7-6-,29-22?. The van der Waals surface area contributed by atoms with Gasteiger partial charge in [-0.05, 0) is 51.6 Å². The van der Waals surface area contributed by atoms with Crippen LogP contribution in [0, 0.1) is 16.7 Å². The second-order valence-electron chi connectivity index (χ2n) is 10.7. The lowest BCUT2D eigenvalue weighted by Gasteiger charge is -2.43. The highest BCUT2D eigenvalue weighted by atomic mass is 16.2. The molecule has 0 aromatic carbocycles. The van der Waals surface area contributed by atoms with Crippen LogP contribution < -0.4 is 5.32 Å². The first kappa shape index (κ1) is 25.9. The average Bonchev–Trinajstić information content (AvgIpc) is 3.29. The number of carbonyl (C=O) groups excluding carboxylic acids is 1. The zero-order chi connectivity index (χ0) is 24.8. The molecule has 184 valence electrons. The highest BCUT2D eigenvalue weighted by Crippen LogP contribution is 2.34. The van der Waals surface area contributed by atoms with Crippen LogP contribution in [0.3, 0.4) is 0 Å². The van der Waals surface area contributed by atoms with E-state index in [-0.39, 0.29) is 23.0 Å². The highest BCUT2D eigenvalue weighted by molar-refractivity contribution is 6.02. The summed E-state index contributed by atoms with van der Waals surface area (Å²) in [7, 11) is 2.16. The number of nitrogens with one attached hydrogen (secondary N) is 2. The number of aromatic amines is 1. The molecule has 34 heavy (non-hydrogen) atoms. The minimum Gasteiger partial charge on any atom is -0.346 e. The summed E-state index contributed by atoms with van der Waals surface area (Å²) < 4.78 is 0. The Balaban J connectivity index is 1.69. The quantitative estimate of drug-likeness (QED) is 0.454. The Morgan fingerprint density at radius 2 is 2.09 bits per heavy atom. The summed E-state index contributed by atoms with van der Waals surface area (Å²) in [6.45, 7) is 14.3. The van der Waals surface area contributed by atoms with Gasteiger partial charge in [0, 0.05) is 32.7 Å². The van der Waals surface area contributed by atoms with E-state index in [4.69, 9.17) is 10.3 Å². The van der Waals surface area contributed by atoms with E-state index < -0.39 is 0 Å². The summed E-state index contributed by atoms with van der Waals surface area (Å²) in [4.78, 5) is 28.9. The molecule has 0 bridgehead atoms.